The van der Waals surface area contributed by atoms with E-state index in [0.717, 1.165) is 0 Å². The predicted octanol–water partition coefficient (Wildman–Crippen LogP) is 2.45. The van der Waals surface area contributed by atoms with E-state index in [-0.39, 0.29) is 67.1 Å². The summed E-state index contributed by atoms with van der Waals surface area (Å²) in [7, 11) is -0.935. The Hall–Kier alpha value is 2.26. The maximum Gasteiger partial charge on any atom is 0 e. The van der Waals surface area contributed by atoms with Crippen LogP contribution in [-0.2, 0) is 18.2 Å². The van der Waals surface area contributed by atoms with Crippen LogP contribution in [-0.4, -0.2) is 4.93 Å². The molecule has 0 aromatic rings. The molecule has 50 valence electrons. The molecular weight excluding hydrogens is 517 g/mol. The minimum Gasteiger partial charge on any atom is 0 e. The number of alkyl halides is 1. The van der Waals surface area contributed by atoms with E-state index < -0.39 is 9.05 Å². The van der Waals surface area contributed by atoms with Gasteiger partial charge in [0.2, 0.25) is 0 Å². The van der Waals surface area contributed by atoms with Crippen molar-refractivity contribution in [2.45, 2.75) is 0 Å². The van der Waals surface area contributed by atoms with Gasteiger partial charge < -0.3 is 0 Å². The van der Waals surface area contributed by atoms with Crippen LogP contribution in [0.1, 0.15) is 0 Å². The van der Waals surface area contributed by atoms with Gasteiger partial charge in [0.1, 0.15) is 0 Å². The average Bonchev–Trinajstić information content (AvgIpc) is 1.83. The zero-order valence-electron chi connectivity index (χ0n) is 4.47. The van der Waals surface area contributed by atoms with Crippen LogP contribution in [0.4, 0.5) is 0 Å². The van der Waals surface area contributed by atoms with Crippen LogP contribution in [0.2, 0.25) is 0 Å². The average molecular weight is 521 g/mol. The molecule has 0 heterocycles. The van der Waals surface area contributed by atoms with Gasteiger partial charge in [0.25, 0.3) is 0 Å². The zero-order chi connectivity index (χ0) is 6.41. The molecule has 0 rings (SSSR count). The van der Waals surface area contributed by atoms with Gasteiger partial charge in [-0.15, -0.1) is 0 Å². The molecule has 0 N–H and O–H groups in total. The first-order valence-corrected chi connectivity index (χ1v) is 8.89. The summed E-state index contributed by atoms with van der Waals surface area (Å²) in [6.07, 6.45) is 0. The van der Waals surface area contributed by atoms with E-state index in [1.54, 1.807) is 0 Å². The minimum atomic E-state index is -0.722. The smallest absolute Gasteiger partial charge is 0 e. The van der Waals surface area contributed by atoms with Gasteiger partial charge >= 0.3 is 61.6 Å². The first-order chi connectivity index (χ1) is 3.85. The molecule has 0 atom stereocenters. The molecule has 0 radical (unpaired) electrons. The standard InChI is InChI=1S/CH4INO2P2S.U/c1-2-3-8(6-4)7-5;/h2H,1H3;/q+2;. The van der Waals surface area contributed by atoms with E-state index in [1.807, 2.05) is 4.93 Å². The number of nitrogens with zero attached hydrogens (tertiary/aromatic N) is 1. The molecule has 3 nitrogen and oxygen atoms in total. The van der Waals surface area contributed by atoms with Gasteiger partial charge in [-0.25, -0.2) is 0 Å². The van der Waals surface area contributed by atoms with E-state index in [1.165, 1.54) is 0 Å². The molecule has 0 aliphatic carbocycles. The first-order valence-electron chi connectivity index (χ1n) is 1.50. The van der Waals surface area contributed by atoms with Gasteiger partial charge in [-0.05, 0) is 0 Å². The van der Waals surface area contributed by atoms with Crippen LogP contribution < -0.4 is 0 Å². The normalized spacial score (nSPS) is 7.22. The molecule has 0 bridgehead atoms. The molecular formula is CH4INO2P2SU+2. The molecule has 0 aliphatic rings. The van der Waals surface area contributed by atoms with Crippen LogP contribution in [0.15, 0.2) is 2.58 Å². The molecule has 0 aromatic carbocycles. The van der Waals surface area contributed by atoms with Gasteiger partial charge in [0.05, 0.1) is 0 Å². The van der Waals surface area contributed by atoms with Crippen molar-refractivity contribution in [1.29, 1.82) is 0 Å². The maximum atomic E-state index is 9.96. The molecule has 0 aromatic heterocycles. The van der Waals surface area contributed by atoms with Crippen molar-refractivity contribution < 1.29 is 40.2 Å². The molecule has 0 saturated carbocycles. The van der Waals surface area contributed by atoms with Crippen molar-refractivity contribution in [3.63, 3.8) is 0 Å². The van der Waals surface area contributed by atoms with Crippen molar-refractivity contribution in [2.75, 3.05) is 4.93 Å². The fraction of sp³-hybridized carbons (Fsp3) is 1.00. The second-order valence-corrected chi connectivity index (χ2v) is 7.74. The largest absolute Gasteiger partial charge is 0 e. The van der Waals surface area contributed by atoms with Crippen LogP contribution in [0.5, 0.6) is 0 Å². The molecule has 8 heteroatoms. The van der Waals surface area contributed by atoms with Crippen molar-refractivity contribution in [3.8, 4) is 0 Å². The van der Waals surface area contributed by atoms with E-state index in [9.17, 15) is 9.13 Å². The minimum absolute atomic E-state index is 0. The van der Waals surface area contributed by atoms with Crippen LogP contribution in [0.25, 0.3) is 0 Å². The molecule has 0 unspecified atom stereocenters. The summed E-state index contributed by atoms with van der Waals surface area (Å²) in [5.41, 5.74) is 0. The van der Waals surface area contributed by atoms with E-state index >= 15 is 0 Å². The molecule has 0 fully saturated rings. The van der Waals surface area contributed by atoms with Crippen LogP contribution >= 0.6 is 35.9 Å². The maximum absolute atomic E-state index is 9.96. The molecule has 0 aliphatic heterocycles. The quantitative estimate of drug-likeness (QED) is 0.303. The fourth-order valence-corrected chi connectivity index (χ4v) is 6.04. The summed E-state index contributed by atoms with van der Waals surface area (Å²) >= 11 is -0.367. The number of hydrogen-bond acceptors (Lipinski definition) is 3. The van der Waals surface area contributed by atoms with Gasteiger partial charge in [0, 0.05) is 31.1 Å². The molecule has 0 saturated heterocycles. The third kappa shape index (κ3) is 8.17. The van der Waals surface area contributed by atoms with Gasteiger partial charge in [-0.3, -0.25) is 0 Å². The third-order valence-corrected chi connectivity index (χ3v) is 7.92. The Bertz CT molecular complexity index is 232. The summed E-state index contributed by atoms with van der Waals surface area (Å²) in [5, 5.41) is 0. The monoisotopic (exact) mass is 521 g/mol. The number of hydrogen-bond donors (Lipinski definition) is 0. The van der Waals surface area contributed by atoms with E-state index in [2.05, 4.69) is 2.58 Å². The fourth-order valence-electron chi connectivity index (χ4n) is 0.107. The number of halogens is 1. The van der Waals surface area contributed by atoms with Gasteiger partial charge in [-0.1, -0.05) is 0 Å². The van der Waals surface area contributed by atoms with Crippen LogP contribution in [0.3, 0.4) is 0 Å². The predicted molar refractivity (Wildman–Crippen MR) is 46.3 cm³/mol. The van der Waals surface area contributed by atoms with E-state index in [0.29, 0.717) is 0 Å². The van der Waals surface area contributed by atoms with Crippen molar-refractivity contribution in [3.05, 3.63) is 0 Å². The second kappa shape index (κ2) is 10.3. The van der Waals surface area contributed by atoms with Crippen LogP contribution in [0, 0.1) is 31.1 Å². The van der Waals surface area contributed by atoms with Crippen molar-refractivity contribution in [2.24, 2.45) is 2.58 Å². The van der Waals surface area contributed by atoms with E-state index in [4.69, 9.17) is 0 Å². The Morgan fingerprint density at radius 2 is 1.89 bits per heavy atom. The first kappa shape index (κ1) is 13.8. The molecule has 0 amide bonds. The zero-order valence-corrected chi connectivity index (χ0v) is 13.6. The van der Waals surface area contributed by atoms with Gasteiger partial charge in [-0.2, -0.15) is 0 Å². The Labute approximate surface area is 91.4 Å². The van der Waals surface area contributed by atoms with Crippen molar-refractivity contribution >= 4 is 45.0 Å². The third-order valence-electron chi connectivity index (χ3n) is 0.275. The SMILES string of the molecule is C[IH]N=S(=[P+]=O)=[P+]=O.[U]. The molecule has 9 heavy (non-hydrogen) atoms. The topological polar surface area (TPSA) is 46.5 Å². The summed E-state index contributed by atoms with van der Waals surface area (Å²) in [6, 6.07) is 0. The Balaban J connectivity index is 0. The summed E-state index contributed by atoms with van der Waals surface area (Å²) in [4.78, 5) is 1.95. The summed E-state index contributed by atoms with van der Waals surface area (Å²) in [5.74, 6) is 0. The summed E-state index contributed by atoms with van der Waals surface area (Å²) in [6.45, 7) is 0. The Kier molecular flexibility index (Phi) is 15.8. The number of rotatable bonds is 1. The Morgan fingerprint density at radius 1 is 1.44 bits per heavy atom. The van der Waals surface area contributed by atoms with Crippen molar-refractivity contribution in [1.82, 2.24) is 0 Å². The molecule has 0 spiro atoms. The van der Waals surface area contributed by atoms with Gasteiger partial charge in [0.15, 0.2) is 0 Å². The summed E-state index contributed by atoms with van der Waals surface area (Å²) < 4.78 is 23.8. The second-order valence-electron chi connectivity index (χ2n) is 0.651. The Morgan fingerprint density at radius 3 is 2.00 bits per heavy atom.